The molecule has 1 aliphatic carbocycles. The average Bonchev–Trinajstić information content (AvgIpc) is 2.93. The number of ketones is 1. The fraction of sp³-hybridized carbons (Fsp3) is 0.958. The highest BCUT2D eigenvalue weighted by molar-refractivity contribution is 7.87. The van der Waals surface area contributed by atoms with E-state index in [2.05, 4.69) is 13.8 Å². The normalized spacial score (nSPS) is 17.3. The van der Waals surface area contributed by atoms with Crippen LogP contribution < -0.4 is 0 Å². The molecule has 0 saturated heterocycles. The summed E-state index contributed by atoms with van der Waals surface area (Å²) < 4.78 is 242. The SMILES string of the molecule is CCCCC(S)(CCCC)C(=O)C1CCCCC1.O=S(=O)(O)C(F)(F)C(F)(F)C(F)(F)C(F)(F)C(F)(F)C(F)(F)C(F)(F)C(F)(F)F. The van der Waals surface area contributed by atoms with E-state index in [-0.39, 0.29) is 4.75 Å². The molecule has 0 aromatic heterocycles. The summed E-state index contributed by atoms with van der Waals surface area (Å²) in [6, 6.07) is 0. The van der Waals surface area contributed by atoms with Crippen LogP contribution in [-0.2, 0) is 14.9 Å². The van der Waals surface area contributed by atoms with Gasteiger partial charge in [0.15, 0.2) is 5.78 Å². The monoisotopic (exact) mass is 770 g/mol. The van der Waals surface area contributed by atoms with E-state index in [0.717, 1.165) is 51.4 Å². The van der Waals surface area contributed by atoms with Crippen LogP contribution in [0.2, 0.25) is 0 Å². The quantitative estimate of drug-likeness (QED) is 0.0989. The van der Waals surface area contributed by atoms with E-state index < -0.39 is 57.1 Å². The number of carbonyl (C=O) groups is 1. The highest BCUT2D eigenvalue weighted by Gasteiger charge is 2.96. The summed E-state index contributed by atoms with van der Waals surface area (Å²) >= 11 is 4.84. The first-order chi connectivity index (χ1) is 20.6. The summed E-state index contributed by atoms with van der Waals surface area (Å²) in [4.78, 5) is 12.8. The predicted octanol–water partition coefficient (Wildman–Crippen LogP) is 10.0. The standard InChI is InChI=1S/C16H30OS.C8HF17O3S/c1-3-5-12-16(18,13-6-4-2)15(17)14-10-8-7-9-11-14;9-1(10,3(13,14)5(17,18)7(21,22)23)2(11,12)4(15,16)6(19,20)8(24,25)29(26,27)28/h14,18H,3-13H2,1-2H3;(H,26,27,28). The summed E-state index contributed by atoms with van der Waals surface area (Å²) in [5.74, 6) is -51.2. The van der Waals surface area contributed by atoms with Crippen molar-refractivity contribution in [1.29, 1.82) is 0 Å². The van der Waals surface area contributed by atoms with Gasteiger partial charge in [-0.15, -0.1) is 0 Å². The van der Waals surface area contributed by atoms with Crippen LogP contribution in [0.3, 0.4) is 0 Å². The molecule has 0 unspecified atom stereocenters. The Morgan fingerprint density at radius 1 is 0.617 bits per heavy atom. The van der Waals surface area contributed by atoms with Crippen molar-refractivity contribution in [3.8, 4) is 0 Å². The second kappa shape index (κ2) is 14.9. The first kappa shape index (κ1) is 45.7. The lowest BCUT2D eigenvalue weighted by Gasteiger charge is -2.42. The zero-order valence-electron chi connectivity index (χ0n) is 24.3. The smallest absolute Gasteiger partial charge is 0.298 e. The molecular formula is C24H31F17O4S2. The highest BCUT2D eigenvalue weighted by atomic mass is 32.2. The summed E-state index contributed by atoms with van der Waals surface area (Å²) in [6.07, 6.45) is 4.65. The summed E-state index contributed by atoms with van der Waals surface area (Å²) in [7, 11) is -7.89. The largest absolute Gasteiger partial charge is 0.460 e. The number of halogens is 17. The van der Waals surface area contributed by atoms with Gasteiger partial charge in [0.1, 0.15) is 0 Å². The second-order valence-electron chi connectivity index (χ2n) is 10.9. The Balaban J connectivity index is 0.00000100. The van der Waals surface area contributed by atoms with Crippen molar-refractivity contribution in [1.82, 2.24) is 0 Å². The molecule has 1 fully saturated rings. The van der Waals surface area contributed by atoms with Crippen molar-refractivity contribution in [2.75, 3.05) is 0 Å². The van der Waals surface area contributed by atoms with Gasteiger partial charge in [-0.1, -0.05) is 58.8 Å². The van der Waals surface area contributed by atoms with Gasteiger partial charge < -0.3 is 0 Å². The lowest BCUT2D eigenvalue weighted by molar-refractivity contribution is -0.458. The zero-order valence-corrected chi connectivity index (χ0v) is 26.0. The number of hydrogen-bond acceptors (Lipinski definition) is 4. The number of unbranched alkanes of at least 4 members (excludes halogenated alkanes) is 2. The van der Waals surface area contributed by atoms with E-state index >= 15 is 0 Å². The van der Waals surface area contributed by atoms with Gasteiger partial charge in [-0.2, -0.15) is 95.7 Å². The molecule has 1 N–H and O–H groups in total. The van der Waals surface area contributed by atoms with Crippen LogP contribution in [0.1, 0.15) is 84.5 Å². The molecule has 0 aliphatic heterocycles. The van der Waals surface area contributed by atoms with Crippen LogP contribution in [0.15, 0.2) is 0 Å². The van der Waals surface area contributed by atoms with Gasteiger partial charge in [-0.05, 0) is 25.7 Å². The summed E-state index contributed by atoms with van der Waals surface area (Å²) in [6.45, 7) is 4.39. The third-order valence-electron chi connectivity index (χ3n) is 7.34. The van der Waals surface area contributed by atoms with Gasteiger partial charge in [0.05, 0.1) is 4.75 Å². The average molecular weight is 771 g/mol. The Morgan fingerprint density at radius 3 is 1.23 bits per heavy atom. The maximum Gasteiger partial charge on any atom is 0.460 e. The third kappa shape index (κ3) is 8.38. The van der Waals surface area contributed by atoms with Crippen molar-refractivity contribution in [2.45, 2.75) is 136 Å². The van der Waals surface area contributed by atoms with Crippen LogP contribution in [0.4, 0.5) is 74.6 Å². The highest BCUT2D eigenvalue weighted by Crippen LogP contribution is 2.64. The Bertz CT molecular complexity index is 1140. The van der Waals surface area contributed by atoms with E-state index in [4.69, 9.17) is 17.2 Å². The minimum absolute atomic E-state index is 0.310. The summed E-state index contributed by atoms with van der Waals surface area (Å²) in [5.41, 5.74) is 0. The Kier molecular flexibility index (Phi) is 14.5. The van der Waals surface area contributed by atoms with Gasteiger partial charge in [0.2, 0.25) is 0 Å². The molecule has 1 saturated carbocycles. The van der Waals surface area contributed by atoms with E-state index in [1.165, 1.54) is 19.3 Å². The first-order valence-corrected chi connectivity index (χ1v) is 15.5. The molecule has 47 heavy (non-hydrogen) atoms. The van der Waals surface area contributed by atoms with Crippen LogP contribution >= 0.6 is 12.6 Å². The molecule has 0 bridgehead atoms. The van der Waals surface area contributed by atoms with Crippen LogP contribution in [-0.4, -0.2) is 70.5 Å². The van der Waals surface area contributed by atoms with Gasteiger partial charge in [0, 0.05) is 5.92 Å². The van der Waals surface area contributed by atoms with Crippen molar-refractivity contribution in [2.24, 2.45) is 5.92 Å². The zero-order chi connectivity index (χ0) is 37.9. The molecule has 1 rings (SSSR count). The number of carbonyl (C=O) groups excluding carboxylic acids is 1. The van der Waals surface area contributed by atoms with E-state index in [0.29, 0.717) is 11.7 Å². The molecule has 0 radical (unpaired) electrons. The van der Waals surface area contributed by atoms with Gasteiger partial charge >= 0.3 is 57.1 Å². The molecular weight excluding hydrogens is 739 g/mol. The Hall–Kier alpha value is -1.26. The molecule has 0 spiro atoms. The Labute approximate surface area is 263 Å². The van der Waals surface area contributed by atoms with Crippen molar-refractivity contribution in [3.63, 3.8) is 0 Å². The van der Waals surface area contributed by atoms with Crippen LogP contribution in [0.25, 0.3) is 0 Å². The predicted molar refractivity (Wildman–Crippen MR) is 135 cm³/mol. The second-order valence-corrected chi connectivity index (χ2v) is 13.2. The first-order valence-electron chi connectivity index (χ1n) is 13.6. The van der Waals surface area contributed by atoms with Gasteiger partial charge in [0.25, 0.3) is 0 Å². The molecule has 0 aromatic rings. The van der Waals surface area contributed by atoms with Crippen molar-refractivity contribution >= 4 is 28.5 Å². The van der Waals surface area contributed by atoms with E-state index in [1.54, 1.807) is 0 Å². The molecule has 0 aromatic carbocycles. The fourth-order valence-corrected chi connectivity index (χ4v) is 5.32. The van der Waals surface area contributed by atoms with Crippen molar-refractivity contribution in [3.05, 3.63) is 0 Å². The topological polar surface area (TPSA) is 71.4 Å². The van der Waals surface area contributed by atoms with Crippen LogP contribution in [0.5, 0.6) is 0 Å². The lowest BCUT2D eigenvalue weighted by Crippen LogP contribution is -2.74. The van der Waals surface area contributed by atoms with E-state index in [9.17, 15) is 87.8 Å². The maximum atomic E-state index is 13.0. The molecule has 282 valence electrons. The third-order valence-corrected chi connectivity index (χ3v) is 8.91. The van der Waals surface area contributed by atoms with Crippen molar-refractivity contribution < 1.29 is 92.4 Å². The van der Waals surface area contributed by atoms with Gasteiger partial charge in [-0.3, -0.25) is 9.35 Å². The molecule has 0 atom stereocenters. The fourth-order valence-electron chi connectivity index (χ4n) is 4.37. The van der Waals surface area contributed by atoms with Gasteiger partial charge in [-0.25, -0.2) is 0 Å². The number of Topliss-reactive ketones (excluding diaryl/α,β-unsaturated/α-hetero) is 1. The molecule has 0 amide bonds. The molecule has 0 heterocycles. The number of alkyl halides is 17. The molecule has 23 heteroatoms. The number of thiol groups is 1. The Morgan fingerprint density at radius 2 is 0.936 bits per heavy atom. The summed E-state index contributed by atoms with van der Waals surface area (Å²) in [5, 5.41) is -7.84. The lowest BCUT2D eigenvalue weighted by atomic mass is 9.78. The molecule has 4 nitrogen and oxygen atoms in total. The van der Waals surface area contributed by atoms with Crippen LogP contribution in [0, 0.1) is 5.92 Å². The maximum absolute atomic E-state index is 13.0. The number of rotatable bonds is 15. The van der Waals surface area contributed by atoms with E-state index in [1.807, 2.05) is 0 Å². The minimum atomic E-state index is -8.89. The number of hydrogen-bond donors (Lipinski definition) is 2. The molecule has 1 aliphatic rings. The minimum Gasteiger partial charge on any atom is -0.298 e.